The van der Waals surface area contributed by atoms with Crippen molar-refractivity contribution < 1.29 is 14.3 Å². The van der Waals surface area contributed by atoms with Gasteiger partial charge in [0.05, 0.1) is 0 Å². The van der Waals surface area contributed by atoms with Crippen molar-refractivity contribution in [1.82, 2.24) is 0 Å². The Hall–Kier alpha value is -3.79. The van der Waals surface area contributed by atoms with E-state index in [1.807, 2.05) is 78.9 Å². The molecule has 4 heteroatoms. The Morgan fingerprint density at radius 1 is 0.867 bits per heavy atom. The normalized spacial score (nSPS) is 15.0. The first-order chi connectivity index (χ1) is 14.8. The minimum Gasteiger partial charge on any atom is -0.451 e. The smallest absolute Gasteiger partial charge is 0.248 e. The van der Waals surface area contributed by atoms with E-state index < -0.39 is 0 Å². The molecule has 1 heterocycles. The molecule has 3 aromatic rings. The third-order valence-corrected chi connectivity index (χ3v) is 4.68. The third-order valence-electron chi connectivity index (χ3n) is 4.68. The van der Waals surface area contributed by atoms with E-state index in [1.165, 1.54) is 11.6 Å². The van der Waals surface area contributed by atoms with Crippen LogP contribution in [0.3, 0.4) is 0 Å². The monoisotopic (exact) mass is 397 g/mol. The van der Waals surface area contributed by atoms with Gasteiger partial charge in [-0.05, 0) is 41.8 Å². The van der Waals surface area contributed by atoms with Gasteiger partial charge >= 0.3 is 0 Å². The maximum absolute atomic E-state index is 11.9. The van der Waals surface area contributed by atoms with E-state index in [9.17, 15) is 4.79 Å². The van der Waals surface area contributed by atoms with Crippen molar-refractivity contribution in [2.24, 2.45) is 0 Å². The molecule has 1 aliphatic rings. The van der Waals surface area contributed by atoms with Crippen LogP contribution < -0.4 is 14.8 Å². The lowest BCUT2D eigenvalue weighted by Gasteiger charge is -2.09. The number of allylic oxidation sites excluding steroid dienone is 2. The number of hydrogen-bond acceptors (Lipinski definition) is 3. The maximum atomic E-state index is 11.9. The Labute approximate surface area is 176 Å². The van der Waals surface area contributed by atoms with Crippen molar-refractivity contribution in [2.75, 3.05) is 5.32 Å². The average molecular weight is 397 g/mol. The quantitative estimate of drug-likeness (QED) is 0.415. The predicted molar refractivity (Wildman–Crippen MR) is 119 cm³/mol. The van der Waals surface area contributed by atoms with Crippen LogP contribution in [0.25, 0.3) is 6.08 Å². The minimum absolute atomic E-state index is 0.169. The molecule has 0 spiro atoms. The molecule has 0 aromatic heterocycles. The summed E-state index contributed by atoms with van der Waals surface area (Å²) in [6, 6.07) is 25.5. The van der Waals surface area contributed by atoms with Crippen LogP contribution in [0.1, 0.15) is 17.5 Å². The van der Waals surface area contributed by atoms with E-state index in [2.05, 4.69) is 17.4 Å². The predicted octanol–water partition coefficient (Wildman–Crippen LogP) is 5.62. The van der Waals surface area contributed by atoms with Gasteiger partial charge in [0.25, 0.3) is 0 Å². The van der Waals surface area contributed by atoms with Gasteiger partial charge in [-0.15, -0.1) is 0 Å². The lowest BCUT2D eigenvalue weighted by Crippen LogP contribution is -2.18. The highest BCUT2D eigenvalue weighted by molar-refractivity contribution is 5.99. The Morgan fingerprint density at radius 2 is 1.60 bits per heavy atom. The summed E-state index contributed by atoms with van der Waals surface area (Å²) < 4.78 is 11.8. The third kappa shape index (κ3) is 5.39. The number of aryl methyl sites for hydroxylation is 1. The molecule has 1 unspecified atom stereocenters. The molecule has 0 aliphatic carbocycles. The first-order valence-corrected chi connectivity index (χ1v) is 9.98. The van der Waals surface area contributed by atoms with Crippen LogP contribution in [0.2, 0.25) is 0 Å². The molecule has 30 heavy (non-hydrogen) atoms. The number of fused-ring (bicyclic) bond motifs is 1. The molecule has 0 bridgehead atoms. The number of ether oxygens (including phenoxy) is 2. The highest BCUT2D eigenvalue weighted by atomic mass is 16.7. The van der Waals surface area contributed by atoms with E-state index in [1.54, 1.807) is 6.08 Å². The van der Waals surface area contributed by atoms with E-state index >= 15 is 0 Å². The van der Waals surface area contributed by atoms with Gasteiger partial charge in [0.15, 0.2) is 11.5 Å². The summed E-state index contributed by atoms with van der Waals surface area (Å²) >= 11 is 0. The lowest BCUT2D eigenvalue weighted by molar-refractivity contribution is -0.111. The fourth-order valence-corrected chi connectivity index (χ4v) is 3.19. The molecule has 1 atom stereocenters. The second-order valence-corrected chi connectivity index (χ2v) is 6.97. The molecule has 3 aromatic carbocycles. The van der Waals surface area contributed by atoms with Crippen molar-refractivity contribution in [3.63, 3.8) is 0 Å². The average Bonchev–Trinajstić information content (AvgIpc) is 3.19. The Bertz CT molecular complexity index is 1040. The molecule has 0 saturated heterocycles. The van der Waals surface area contributed by atoms with Crippen LogP contribution in [-0.2, 0) is 11.2 Å². The Morgan fingerprint density at radius 3 is 2.40 bits per heavy atom. The van der Waals surface area contributed by atoms with Crippen LogP contribution in [0.5, 0.6) is 11.5 Å². The number of nitrogens with one attached hydrogen (secondary N) is 1. The molecule has 4 rings (SSSR count). The number of hydrogen-bond donors (Lipinski definition) is 1. The molecule has 0 fully saturated rings. The summed E-state index contributed by atoms with van der Waals surface area (Å²) in [5.41, 5.74) is 3.02. The van der Waals surface area contributed by atoms with Crippen molar-refractivity contribution in [3.8, 4) is 11.5 Å². The van der Waals surface area contributed by atoms with Gasteiger partial charge < -0.3 is 14.8 Å². The van der Waals surface area contributed by atoms with E-state index in [4.69, 9.17) is 9.47 Å². The number of carbonyl (C=O) groups excluding carboxylic acids is 1. The van der Waals surface area contributed by atoms with Gasteiger partial charge in [-0.2, -0.15) is 0 Å². The van der Waals surface area contributed by atoms with Gasteiger partial charge in [0.2, 0.25) is 12.2 Å². The second-order valence-electron chi connectivity index (χ2n) is 6.97. The zero-order valence-corrected chi connectivity index (χ0v) is 16.5. The SMILES string of the molecule is O=C(/C=C/C=Cc1ccc2c(c1)OC(CCc1ccccc1)O2)Nc1ccccc1. The second kappa shape index (κ2) is 9.61. The van der Waals surface area contributed by atoms with Gasteiger partial charge in [-0.1, -0.05) is 72.8 Å². The molecular weight excluding hydrogens is 374 g/mol. The highest BCUT2D eigenvalue weighted by Gasteiger charge is 2.23. The van der Waals surface area contributed by atoms with Crippen molar-refractivity contribution in [2.45, 2.75) is 19.1 Å². The fourth-order valence-electron chi connectivity index (χ4n) is 3.19. The molecule has 1 amide bonds. The summed E-state index contributed by atoms with van der Waals surface area (Å²) in [5.74, 6) is 1.35. The molecule has 0 saturated carbocycles. The summed E-state index contributed by atoms with van der Waals surface area (Å²) in [7, 11) is 0. The number of anilines is 1. The maximum Gasteiger partial charge on any atom is 0.248 e. The summed E-state index contributed by atoms with van der Waals surface area (Å²) in [6.45, 7) is 0. The summed E-state index contributed by atoms with van der Waals surface area (Å²) in [5, 5.41) is 2.81. The Balaban J connectivity index is 1.28. The zero-order chi connectivity index (χ0) is 20.6. The number of carbonyl (C=O) groups is 1. The molecule has 0 radical (unpaired) electrons. The van der Waals surface area contributed by atoms with Gasteiger partial charge in [-0.25, -0.2) is 0 Å². The van der Waals surface area contributed by atoms with E-state index in [-0.39, 0.29) is 12.2 Å². The number of para-hydroxylation sites is 1. The van der Waals surface area contributed by atoms with Crippen LogP contribution in [-0.4, -0.2) is 12.2 Å². The summed E-state index contributed by atoms with van der Waals surface area (Å²) in [4.78, 5) is 11.9. The molecular formula is C26H23NO3. The molecule has 1 aliphatic heterocycles. The van der Waals surface area contributed by atoms with Crippen LogP contribution >= 0.6 is 0 Å². The number of amides is 1. The van der Waals surface area contributed by atoms with Crippen LogP contribution in [0.4, 0.5) is 5.69 Å². The van der Waals surface area contributed by atoms with E-state index in [0.717, 1.165) is 35.6 Å². The van der Waals surface area contributed by atoms with Gasteiger partial charge in [0.1, 0.15) is 0 Å². The van der Waals surface area contributed by atoms with E-state index in [0.29, 0.717) is 0 Å². The van der Waals surface area contributed by atoms with Crippen LogP contribution in [0, 0.1) is 0 Å². The number of benzene rings is 3. The molecule has 1 N–H and O–H groups in total. The molecule has 150 valence electrons. The van der Waals surface area contributed by atoms with Crippen LogP contribution in [0.15, 0.2) is 97.1 Å². The summed E-state index contributed by atoms with van der Waals surface area (Å²) in [6.07, 6.45) is 8.40. The topological polar surface area (TPSA) is 47.6 Å². The molecule has 4 nitrogen and oxygen atoms in total. The first-order valence-electron chi connectivity index (χ1n) is 9.98. The Kier molecular flexibility index (Phi) is 6.25. The van der Waals surface area contributed by atoms with Crippen molar-refractivity contribution >= 4 is 17.7 Å². The fraction of sp³-hybridized carbons (Fsp3) is 0.115. The van der Waals surface area contributed by atoms with Gasteiger partial charge in [-0.3, -0.25) is 4.79 Å². The lowest BCUT2D eigenvalue weighted by atomic mass is 10.1. The zero-order valence-electron chi connectivity index (χ0n) is 16.5. The van der Waals surface area contributed by atoms with Gasteiger partial charge in [0, 0.05) is 18.2 Å². The number of rotatable bonds is 7. The first kappa shape index (κ1) is 19.5. The standard InChI is InChI=1S/C26H23NO3/c28-25(27-22-12-5-2-6-13-22)14-8-7-11-21-15-17-23-24(19-21)30-26(29-23)18-16-20-9-3-1-4-10-20/h1-15,17,19,26H,16,18H2,(H,27,28)/b11-7?,14-8+. The highest BCUT2D eigenvalue weighted by Crippen LogP contribution is 2.36. The largest absolute Gasteiger partial charge is 0.451 e. The van der Waals surface area contributed by atoms with Crippen molar-refractivity contribution in [3.05, 3.63) is 108 Å². The van der Waals surface area contributed by atoms with Crippen molar-refractivity contribution in [1.29, 1.82) is 0 Å². The minimum atomic E-state index is -0.263.